The molecule has 1 aliphatic rings. The quantitative estimate of drug-likeness (QED) is 0.191. The number of benzene rings is 3. The zero-order chi connectivity index (χ0) is 26.7. The number of aryl methyl sites for hydroxylation is 2. The van der Waals surface area contributed by atoms with Crippen LogP contribution in [0.25, 0.3) is 6.08 Å². The van der Waals surface area contributed by atoms with Crippen LogP contribution in [-0.4, -0.2) is 24.5 Å². The summed E-state index contributed by atoms with van der Waals surface area (Å²) >= 11 is 8.37. The molecule has 1 N–H and O–H groups in total. The molecule has 1 fully saturated rings. The summed E-state index contributed by atoms with van der Waals surface area (Å²) in [6.45, 7) is 6.22. The Morgan fingerprint density at radius 1 is 1.00 bits per heavy atom. The number of rotatable bonds is 7. The highest BCUT2D eigenvalue weighted by molar-refractivity contribution is 14.1. The molecule has 3 aromatic carbocycles. The van der Waals surface area contributed by atoms with Crippen molar-refractivity contribution in [3.8, 4) is 11.5 Å². The van der Waals surface area contributed by atoms with E-state index in [-0.39, 0.29) is 12.2 Å². The van der Waals surface area contributed by atoms with Crippen LogP contribution in [0.2, 0.25) is 5.02 Å². The molecule has 0 aliphatic carbocycles. The molecular weight excluding hydrogens is 607 g/mol. The van der Waals surface area contributed by atoms with E-state index in [0.29, 0.717) is 37.9 Å². The van der Waals surface area contributed by atoms with Crippen molar-refractivity contribution in [2.45, 2.75) is 27.4 Å². The first-order valence-electron chi connectivity index (χ1n) is 11.5. The zero-order valence-electron chi connectivity index (χ0n) is 20.4. The number of amides is 4. The Hall–Kier alpha value is -3.37. The van der Waals surface area contributed by atoms with Crippen molar-refractivity contribution >= 4 is 63.8 Å². The van der Waals surface area contributed by atoms with Gasteiger partial charge >= 0.3 is 6.03 Å². The van der Waals surface area contributed by atoms with Gasteiger partial charge in [0.05, 0.1) is 15.9 Å². The highest BCUT2D eigenvalue weighted by Gasteiger charge is 2.37. The molecule has 0 aromatic heterocycles. The first-order chi connectivity index (χ1) is 17.7. The molecule has 1 saturated heterocycles. The standard InChI is InChI=1S/C28H24ClIN2O5/c1-4-36-24-14-18(13-23(30)25(24)37-15-19-7-5-6-8-22(19)29)12-21-26(33)31-28(35)32(27(21)34)20-10-16(2)9-17(3)11-20/h5-14H,4,15H2,1-3H3,(H,31,33,35)/b21-12+. The van der Waals surface area contributed by atoms with Crippen molar-refractivity contribution < 1.29 is 23.9 Å². The largest absolute Gasteiger partial charge is 0.490 e. The minimum Gasteiger partial charge on any atom is -0.490 e. The van der Waals surface area contributed by atoms with Crippen LogP contribution in [-0.2, 0) is 16.2 Å². The van der Waals surface area contributed by atoms with Gasteiger partial charge in [0.25, 0.3) is 11.8 Å². The van der Waals surface area contributed by atoms with Gasteiger partial charge in [-0.2, -0.15) is 0 Å². The molecule has 0 bridgehead atoms. The van der Waals surface area contributed by atoms with Gasteiger partial charge in [0.15, 0.2) is 11.5 Å². The van der Waals surface area contributed by atoms with E-state index in [0.717, 1.165) is 21.6 Å². The number of hydrogen-bond donors (Lipinski definition) is 1. The average Bonchev–Trinajstić information content (AvgIpc) is 2.82. The SMILES string of the molecule is CCOc1cc(/C=C2\C(=O)NC(=O)N(c3cc(C)cc(C)c3)C2=O)cc(I)c1OCc1ccccc1Cl. The van der Waals surface area contributed by atoms with Gasteiger partial charge in [-0.25, -0.2) is 9.69 Å². The summed E-state index contributed by atoms with van der Waals surface area (Å²) < 4.78 is 12.6. The smallest absolute Gasteiger partial charge is 0.335 e. The second-order valence-corrected chi connectivity index (χ2v) is 10.0. The average molecular weight is 631 g/mol. The molecule has 1 heterocycles. The third-order valence-electron chi connectivity index (χ3n) is 5.54. The van der Waals surface area contributed by atoms with Crippen LogP contribution >= 0.6 is 34.2 Å². The summed E-state index contributed by atoms with van der Waals surface area (Å²) in [5.74, 6) is -0.483. The number of carbonyl (C=O) groups is 3. The predicted molar refractivity (Wildman–Crippen MR) is 151 cm³/mol. The van der Waals surface area contributed by atoms with Crippen LogP contribution in [0.3, 0.4) is 0 Å². The number of barbiturate groups is 1. The highest BCUT2D eigenvalue weighted by atomic mass is 127. The van der Waals surface area contributed by atoms with Crippen molar-refractivity contribution in [2.24, 2.45) is 0 Å². The normalized spacial score (nSPS) is 14.7. The summed E-state index contributed by atoms with van der Waals surface area (Å²) in [4.78, 5) is 39.6. The Bertz CT molecular complexity index is 1420. The molecule has 37 heavy (non-hydrogen) atoms. The van der Waals surface area contributed by atoms with E-state index in [1.807, 2.05) is 45.0 Å². The third-order valence-corrected chi connectivity index (χ3v) is 6.71. The number of nitrogens with zero attached hydrogens (tertiary/aromatic N) is 1. The molecular formula is C28H24ClIN2O5. The molecule has 0 atom stereocenters. The zero-order valence-corrected chi connectivity index (χ0v) is 23.3. The van der Waals surface area contributed by atoms with Crippen LogP contribution in [0.1, 0.15) is 29.2 Å². The number of urea groups is 1. The molecule has 7 nitrogen and oxygen atoms in total. The monoisotopic (exact) mass is 630 g/mol. The van der Waals surface area contributed by atoms with E-state index < -0.39 is 17.8 Å². The van der Waals surface area contributed by atoms with E-state index >= 15 is 0 Å². The number of anilines is 1. The lowest BCUT2D eigenvalue weighted by Gasteiger charge is -2.27. The summed E-state index contributed by atoms with van der Waals surface area (Å²) in [5.41, 5.74) is 3.39. The minimum atomic E-state index is -0.787. The second kappa shape index (κ2) is 11.4. The van der Waals surface area contributed by atoms with E-state index in [4.69, 9.17) is 21.1 Å². The number of nitrogens with one attached hydrogen (secondary N) is 1. The Labute approximate surface area is 233 Å². The summed E-state index contributed by atoms with van der Waals surface area (Å²) in [6, 6.07) is 15.5. The van der Waals surface area contributed by atoms with Gasteiger partial charge in [-0.05, 0) is 96.5 Å². The lowest BCUT2D eigenvalue weighted by Crippen LogP contribution is -2.54. The molecule has 3 aromatic rings. The minimum absolute atomic E-state index is 0.165. The fourth-order valence-electron chi connectivity index (χ4n) is 3.98. The summed E-state index contributed by atoms with van der Waals surface area (Å²) in [7, 11) is 0. The van der Waals surface area contributed by atoms with Crippen LogP contribution in [0.15, 0.2) is 60.2 Å². The fourth-order valence-corrected chi connectivity index (χ4v) is 4.95. The van der Waals surface area contributed by atoms with Crippen molar-refractivity contribution in [3.05, 3.63) is 91.0 Å². The molecule has 0 spiro atoms. The molecule has 0 radical (unpaired) electrons. The number of carbonyl (C=O) groups excluding carboxylic acids is 3. The third kappa shape index (κ3) is 5.97. The molecule has 4 amide bonds. The van der Waals surface area contributed by atoms with Gasteiger partial charge in [-0.3, -0.25) is 14.9 Å². The van der Waals surface area contributed by atoms with Crippen molar-refractivity contribution in [1.29, 1.82) is 0 Å². The predicted octanol–water partition coefficient (Wildman–Crippen LogP) is 6.21. The van der Waals surface area contributed by atoms with E-state index in [1.165, 1.54) is 6.08 Å². The molecule has 190 valence electrons. The van der Waals surface area contributed by atoms with Gasteiger partial charge in [-0.15, -0.1) is 0 Å². The lowest BCUT2D eigenvalue weighted by atomic mass is 10.0. The number of halogens is 2. The number of imide groups is 2. The van der Waals surface area contributed by atoms with Gasteiger partial charge in [0.2, 0.25) is 0 Å². The first kappa shape index (κ1) is 26.7. The van der Waals surface area contributed by atoms with Gasteiger partial charge in [0.1, 0.15) is 12.2 Å². The van der Waals surface area contributed by atoms with E-state index in [1.54, 1.807) is 30.3 Å². The van der Waals surface area contributed by atoms with Gasteiger partial charge in [0, 0.05) is 10.6 Å². The van der Waals surface area contributed by atoms with Gasteiger partial charge < -0.3 is 9.47 Å². The highest BCUT2D eigenvalue weighted by Crippen LogP contribution is 2.36. The van der Waals surface area contributed by atoms with Gasteiger partial charge in [-0.1, -0.05) is 35.9 Å². The Kier molecular flexibility index (Phi) is 8.19. The number of ether oxygens (including phenoxy) is 2. The maximum atomic E-state index is 13.3. The summed E-state index contributed by atoms with van der Waals surface area (Å²) in [6.07, 6.45) is 1.45. The fraction of sp³-hybridized carbons (Fsp3) is 0.179. The van der Waals surface area contributed by atoms with Crippen LogP contribution in [0, 0.1) is 17.4 Å². The van der Waals surface area contributed by atoms with E-state index in [2.05, 4.69) is 27.9 Å². The van der Waals surface area contributed by atoms with Crippen LogP contribution in [0.5, 0.6) is 11.5 Å². The Morgan fingerprint density at radius 2 is 1.70 bits per heavy atom. The molecule has 9 heteroatoms. The topological polar surface area (TPSA) is 84.9 Å². The van der Waals surface area contributed by atoms with Crippen molar-refractivity contribution in [3.63, 3.8) is 0 Å². The maximum Gasteiger partial charge on any atom is 0.335 e. The van der Waals surface area contributed by atoms with Crippen molar-refractivity contribution in [2.75, 3.05) is 11.5 Å². The Balaban J connectivity index is 1.68. The van der Waals surface area contributed by atoms with Crippen LogP contribution < -0.4 is 19.7 Å². The molecule has 0 saturated carbocycles. The van der Waals surface area contributed by atoms with Crippen LogP contribution in [0.4, 0.5) is 10.5 Å². The maximum absolute atomic E-state index is 13.3. The lowest BCUT2D eigenvalue weighted by molar-refractivity contribution is -0.122. The molecule has 4 rings (SSSR count). The van der Waals surface area contributed by atoms with E-state index in [9.17, 15) is 14.4 Å². The Morgan fingerprint density at radius 3 is 2.38 bits per heavy atom. The first-order valence-corrected chi connectivity index (χ1v) is 13.0. The van der Waals surface area contributed by atoms with Crippen molar-refractivity contribution in [1.82, 2.24) is 5.32 Å². The molecule has 1 aliphatic heterocycles. The molecule has 0 unspecified atom stereocenters. The summed E-state index contributed by atoms with van der Waals surface area (Å²) in [5, 5.41) is 2.86. The second-order valence-electron chi connectivity index (χ2n) is 8.45. The number of hydrogen-bond acceptors (Lipinski definition) is 5.